The molecule has 0 fully saturated rings. The van der Waals surface area contributed by atoms with Crippen molar-refractivity contribution in [3.63, 3.8) is 0 Å². The van der Waals surface area contributed by atoms with Gasteiger partial charge in [0, 0.05) is 38.1 Å². The van der Waals surface area contributed by atoms with Gasteiger partial charge < -0.3 is 36.6 Å². The van der Waals surface area contributed by atoms with Crippen LogP contribution in [0.25, 0.3) is 0 Å². The number of carbonyl (C=O) groups excluding carboxylic acids is 2. The lowest BCUT2D eigenvalue weighted by Gasteiger charge is -2.37. The van der Waals surface area contributed by atoms with Crippen molar-refractivity contribution < 1.29 is 35.5 Å². The Balaban J connectivity index is 0.0000116. The molecular formula is C28H54BrN4O2+. The predicted molar refractivity (Wildman–Crippen MR) is 143 cm³/mol. The molecule has 0 radical (unpaired) electrons. The monoisotopic (exact) mass is 557 g/mol. The van der Waals surface area contributed by atoms with Gasteiger partial charge in [-0.2, -0.15) is 0 Å². The van der Waals surface area contributed by atoms with E-state index in [9.17, 15) is 9.59 Å². The molecule has 6 nitrogen and oxygen atoms in total. The molecule has 0 atom stereocenters. The van der Waals surface area contributed by atoms with Crippen LogP contribution in [-0.4, -0.2) is 86.0 Å². The van der Waals surface area contributed by atoms with Crippen molar-refractivity contribution in [2.24, 2.45) is 0 Å². The second kappa shape index (κ2) is 18.1. The van der Waals surface area contributed by atoms with E-state index in [1.807, 2.05) is 0 Å². The fourth-order valence-corrected chi connectivity index (χ4v) is 5.03. The fraction of sp³-hybridized carbons (Fsp3) is 0.786. The Bertz CT molecular complexity index is 624. The van der Waals surface area contributed by atoms with E-state index in [1.165, 1.54) is 50.9 Å². The van der Waals surface area contributed by atoms with Crippen LogP contribution in [0.5, 0.6) is 0 Å². The van der Waals surface area contributed by atoms with Gasteiger partial charge in [-0.05, 0) is 40.5 Å². The Kier molecular flexibility index (Phi) is 17.5. The van der Waals surface area contributed by atoms with Crippen molar-refractivity contribution in [1.82, 2.24) is 10.6 Å². The molecule has 0 bridgehead atoms. The van der Waals surface area contributed by atoms with Gasteiger partial charge in [0.05, 0.1) is 63.8 Å². The number of rotatable bonds is 20. The summed E-state index contributed by atoms with van der Waals surface area (Å²) in [7, 11) is 0. The van der Waals surface area contributed by atoms with E-state index in [2.05, 4.69) is 52.2 Å². The van der Waals surface area contributed by atoms with E-state index in [1.54, 1.807) is 0 Å². The Hall–Kier alpha value is -1.18. The van der Waals surface area contributed by atoms with E-state index < -0.39 is 0 Å². The number of nitrogens with zero attached hydrogens (tertiary/aromatic N) is 2. The number of unbranched alkanes of at least 4 members (excludes halogenated alkanes) is 2. The normalized spacial score (nSPS) is 14.3. The van der Waals surface area contributed by atoms with Gasteiger partial charge in [0.15, 0.2) is 0 Å². The van der Waals surface area contributed by atoms with Gasteiger partial charge in [-0.3, -0.25) is 9.59 Å². The van der Waals surface area contributed by atoms with Crippen LogP contribution in [0, 0.1) is 0 Å². The molecule has 2 N–H and O–H groups in total. The van der Waals surface area contributed by atoms with Gasteiger partial charge in [0.2, 0.25) is 11.6 Å². The van der Waals surface area contributed by atoms with Crippen LogP contribution in [0.1, 0.15) is 80.1 Å². The molecule has 7 heteroatoms. The maximum absolute atomic E-state index is 12.6. The van der Waals surface area contributed by atoms with Crippen LogP contribution in [0.3, 0.4) is 0 Å². The minimum Gasteiger partial charge on any atom is -1.00 e. The highest BCUT2D eigenvalue weighted by atomic mass is 79.9. The third-order valence-electron chi connectivity index (χ3n) is 7.99. The van der Waals surface area contributed by atoms with Crippen molar-refractivity contribution in [3.8, 4) is 0 Å². The molecule has 0 spiro atoms. The van der Waals surface area contributed by atoms with Gasteiger partial charge in [0.25, 0.3) is 0 Å². The molecule has 0 aromatic carbocycles. The largest absolute Gasteiger partial charge is 1.00 e. The number of hydrogen-bond acceptors (Lipinski definition) is 4. The van der Waals surface area contributed by atoms with Crippen molar-refractivity contribution >= 4 is 11.6 Å². The Morgan fingerprint density at radius 1 is 0.571 bits per heavy atom. The minimum atomic E-state index is -0.102. The van der Waals surface area contributed by atoms with E-state index in [4.69, 9.17) is 0 Å². The van der Waals surface area contributed by atoms with E-state index >= 15 is 0 Å². The molecule has 0 aliphatic heterocycles. The van der Waals surface area contributed by atoms with Crippen LogP contribution in [0.4, 0.5) is 0 Å². The quantitative estimate of drug-likeness (QED) is 0.134. The van der Waals surface area contributed by atoms with E-state index in [0.717, 1.165) is 74.2 Å². The molecule has 0 aromatic rings. The summed E-state index contributed by atoms with van der Waals surface area (Å²) < 4.78 is 2.26. The van der Waals surface area contributed by atoms with E-state index in [0.29, 0.717) is 11.4 Å². The Labute approximate surface area is 226 Å². The molecule has 0 heterocycles. The maximum Gasteiger partial charge on any atom is 0.203 e. The molecule has 1 aliphatic carbocycles. The molecule has 0 unspecified atom stereocenters. The van der Waals surface area contributed by atoms with Crippen LogP contribution in [-0.2, 0) is 9.59 Å². The first-order valence-corrected chi connectivity index (χ1v) is 14.0. The summed E-state index contributed by atoms with van der Waals surface area (Å²) in [5.74, 6) is -0.204. The average Bonchev–Trinajstić information content (AvgIpc) is 2.86. The summed E-state index contributed by atoms with van der Waals surface area (Å²) in [4.78, 5) is 25.2. The van der Waals surface area contributed by atoms with Crippen molar-refractivity contribution in [1.29, 1.82) is 0 Å². The SMILES string of the molecule is CCCC[N+](CC)(CC)CCCNC1=CC(=O)C(NCCC[N+](CC)(CC)CCCC)=CC1=O.[Br-]. The van der Waals surface area contributed by atoms with E-state index in [-0.39, 0.29) is 28.5 Å². The highest BCUT2D eigenvalue weighted by molar-refractivity contribution is 6.19. The molecule has 1 aliphatic rings. The summed E-state index contributed by atoms with van der Waals surface area (Å²) in [6.45, 7) is 24.2. The molecule has 0 saturated heterocycles. The number of quaternary nitrogens is 2. The summed E-state index contributed by atoms with van der Waals surface area (Å²) in [5, 5.41) is 6.45. The smallest absolute Gasteiger partial charge is 0.203 e. The van der Waals surface area contributed by atoms with Gasteiger partial charge in [-0.25, -0.2) is 0 Å². The lowest BCUT2D eigenvalue weighted by Crippen LogP contribution is -3.00. The zero-order valence-corrected chi connectivity index (χ0v) is 25.1. The lowest BCUT2D eigenvalue weighted by molar-refractivity contribution is -0.925. The summed E-state index contributed by atoms with van der Waals surface area (Å²) in [5.41, 5.74) is 0.866. The summed E-state index contributed by atoms with van der Waals surface area (Å²) in [6, 6.07) is 0. The van der Waals surface area contributed by atoms with Crippen molar-refractivity contribution in [2.75, 3.05) is 65.4 Å². The van der Waals surface area contributed by atoms with Gasteiger partial charge in [0.1, 0.15) is 0 Å². The minimum absolute atomic E-state index is 0. The Morgan fingerprint density at radius 2 is 0.886 bits per heavy atom. The number of hydrogen-bond donors (Lipinski definition) is 2. The fourth-order valence-electron chi connectivity index (χ4n) is 5.03. The third-order valence-corrected chi connectivity index (χ3v) is 7.99. The number of halogens is 1. The van der Waals surface area contributed by atoms with Crippen molar-refractivity contribution in [3.05, 3.63) is 23.5 Å². The van der Waals surface area contributed by atoms with Crippen LogP contribution in [0.2, 0.25) is 0 Å². The molecule has 0 amide bonds. The second-order valence-electron chi connectivity index (χ2n) is 9.95. The van der Waals surface area contributed by atoms with Crippen molar-refractivity contribution in [2.45, 2.75) is 80.1 Å². The maximum atomic E-state index is 12.6. The van der Waals surface area contributed by atoms with Gasteiger partial charge in [-0.1, -0.05) is 26.7 Å². The average molecular weight is 559 g/mol. The topological polar surface area (TPSA) is 58.2 Å². The first kappa shape index (κ1) is 33.8. The lowest BCUT2D eigenvalue weighted by atomic mass is 10.1. The number of carbonyl (C=O) groups is 2. The van der Waals surface area contributed by atoms with Gasteiger partial charge >= 0.3 is 0 Å². The number of allylic oxidation sites excluding steroid dienone is 2. The highest BCUT2D eigenvalue weighted by Gasteiger charge is 2.24. The number of ketones is 2. The summed E-state index contributed by atoms with van der Waals surface area (Å²) >= 11 is 0. The molecular weight excluding hydrogens is 504 g/mol. The second-order valence-corrected chi connectivity index (χ2v) is 9.95. The molecule has 1 rings (SSSR count). The van der Waals surface area contributed by atoms with Gasteiger partial charge in [-0.15, -0.1) is 0 Å². The first-order valence-electron chi connectivity index (χ1n) is 14.0. The zero-order valence-electron chi connectivity index (χ0n) is 23.6. The molecule has 204 valence electrons. The first-order chi connectivity index (χ1) is 16.3. The zero-order chi connectivity index (χ0) is 25.5. The van der Waals surface area contributed by atoms with Crippen LogP contribution in [0.15, 0.2) is 23.5 Å². The number of nitrogens with one attached hydrogen (secondary N) is 2. The van der Waals surface area contributed by atoms with Crippen LogP contribution >= 0.6 is 0 Å². The Morgan fingerprint density at radius 3 is 1.17 bits per heavy atom. The molecule has 0 aromatic heterocycles. The summed E-state index contributed by atoms with van der Waals surface area (Å²) in [6.07, 6.45) is 9.89. The highest BCUT2D eigenvalue weighted by Crippen LogP contribution is 2.13. The molecule has 0 saturated carbocycles. The third kappa shape index (κ3) is 11.2. The predicted octanol–water partition coefficient (Wildman–Crippen LogP) is 1.18. The van der Waals surface area contributed by atoms with Crippen LogP contribution < -0.4 is 27.6 Å². The standard InChI is InChI=1S/C28H52N4O2.BrH/c1-7-13-19-31(9-3,10-4)21-15-17-29-25-23-28(34)26(24-27(25)33)30-18-16-22-32(11-5,12-6)20-14-8-2;/h23-24H,7-22H2,1-6H3;1H/p+1. The molecule has 35 heavy (non-hydrogen) atoms.